The molecular weight excluding hydrogens is 269 g/mol. The standard InChI is InChI=1S/C14H19F3N2O/c15-14(16,17)9-20-13-7-2-1-5-12(13)19-11-6-3-4-10(11)8-18/h1-2,5,7,10-11,19H,3-4,6,8-9,18H2. The van der Waals surface area contributed by atoms with Crippen molar-refractivity contribution >= 4 is 5.69 Å². The second kappa shape index (κ2) is 6.35. The Morgan fingerprint density at radius 1 is 1.25 bits per heavy atom. The number of alkyl halides is 3. The number of ether oxygens (including phenoxy) is 1. The molecule has 0 heterocycles. The number of benzene rings is 1. The Labute approximate surface area is 116 Å². The summed E-state index contributed by atoms with van der Waals surface area (Å²) in [6, 6.07) is 6.91. The largest absolute Gasteiger partial charge is 0.482 e. The predicted molar refractivity (Wildman–Crippen MR) is 71.8 cm³/mol. The molecule has 112 valence electrons. The maximum absolute atomic E-state index is 12.2. The van der Waals surface area contributed by atoms with Crippen molar-refractivity contribution < 1.29 is 17.9 Å². The van der Waals surface area contributed by atoms with Crippen molar-refractivity contribution in [3.8, 4) is 5.75 Å². The van der Waals surface area contributed by atoms with Crippen molar-refractivity contribution in [2.24, 2.45) is 11.7 Å². The lowest BCUT2D eigenvalue weighted by atomic mass is 10.0. The van der Waals surface area contributed by atoms with Gasteiger partial charge in [-0.15, -0.1) is 0 Å². The minimum atomic E-state index is -4.33. The minimum Gasteiger partial charge on any atom is -0.482 e. The molecule has 2 unspecified atom stereocenters. The van der Waals surface area contributed by atoms with Crippen LogP contribution in [0.2, 0.25) is 0 Å². The highest BCUT2D eigenvalue weighted by atomic mass is 19.4. The van der Waals surface area contributed by atoms with E-state index >= 15 is 0 Å². The third-order valence-electron chi connectivity index (χ3n) is 3.58. The Bertz CT molecular complexity index is 437. The normalized spacial score (nSPS) is 22.8. The van der Waals surface area contributed by atoms with Crippen LogP contribution in [0.3, 0.4) is 0 Å². The molecular formula is C14H19F3N2O. The van der Waals surface area contributed by atoms with Crippen molar-refractivity contribution in [3.05, 3.63) is 24.3 Å². The van der Waals surface area contributed by atoms with Crippen molar-refractivity contribution in [3.63, 3.8) is 0 Å². The van der Waals surface area contributed by atoms with Crippen LogP contribution in [0.25, 0.3) is 0 Å². The summed E-state index contributed by atoms with van der Waals surface area (Å²) in [5.74, 6) is 0.596. The van der Waals surface area contributed by atoms with E-state index in [1.54, 1.807) is 24.3 Å². The second-order valence-electron chi connectivity index (χ2n) is 5.08. The van der Waals surface area contributed by atoms with Crippen LogP contribution in [-0.2, 0) is 0 Å². The summed E-state index contributed by atoms with van der Waals surface area (Å²) in [5, 5.41) is 3.27. The van der Waals surface area contributed by atoms with Gasteiger partial charge in [0.25, 0.3) is 0 Å². The lowest BCUT2D eigenvalue weighted by Crippen LogP contribution is -2.29. The summed E-state index contributed by atoms with van der Waals surface area (Å²) < 4.78 is 41.6. The number of anilines is 1. The average Bonchev–Trinajstić information content (AvgIpc) is 2.84. The van der Waals surface area contributed by atoms with Crippen LogP contribution >= 0.6 is 0 Å². The number of nitrogens with two attached hydrogens (primary N) is 1. The maximum atomic E-state index is 12.2. The summed E-state index contributed by atoms with van der Waals surface area (Å²) in [6.07, 6.45) is -1.21. The van der Waals surface area contributed by atoms with Crippen LogP contribution in [0.1, 0.15) is 19.3 Å². The van der Waals surface area contributed by atoms with Crippen LogP contribution < -0.4 is 15.8 Å². The first kappa shape index (κ1) is 15.0. The van der Waals surface area contributed by atoms with Gasteiger partial charge in [-0.25, -0.2) is 0 Å². The molecule has 0 saturated heterocycles. The molecule has 0 aliphatic heterocycles. The molecule has 1 aliphatic rings. The van der Waals surface area contributed by atoms with Gasteiger partial charge < -0.3 is 15.8 Å². The van der Waals surface area contributed by atoms with Gasteiger partial charge >= 0.3 is 6.18 Å². The third kappa shape index (κ3) is 4.03. The Kier molecular flexibility index (Phi) is 4.75. The predicted octanol–water partition coefficient (Wildman–Crippen LogP) is 3.17. The van der Waals surface area contributed by atoms with E-state index in [1.165, 1.54) is 0 Å². The lowest BCUT2D eigenvalue weighted by molar-refractivity contribution is -0.153. The fraction of sp³-hybridized carbons (Fsp3) is 0.571. The number of hydrogen-bond donors (Lipinski definition) is 2. The number of para-hydroxylation sites is 2. The van der Waals surface area contributed by atoms with Gasteiger partial charge in [-0.3, -0.25) is 0 Å². The molecule has 2 atom stereocenters. The zero-order valence-corrected chi connectivity index (χ0v) is 11.1. The summed E-state index contributed by atoms with van der Waals surface area (Å²) in [6.45, 7) is -0.695. The Balaban J connectivity index is 2.04. The van der Waals surface area contributed by atoms with E-state index in [-0.39, 0.29) is 11.8 Å². The number of hydrogen-bond acceptors (Lipinski definition) is 3. The molecule has 0 amide bonds. The van der Waals surface area contributed by atoms with Crippen molar-refractivity contribution in [1.82, 2.24) is 0 Å². The van der Waals surface area contributed by atoms with Gasteiger partial charge in [0.1, 0.15) is 5.75 Å². The van der Waals surface area contributed by atoms with Gasteiger partial charge in [0.05, 0.1) is 5.69 Å². The van der Waals surface area contributed by atoms with Gasteiger partial charge in [0.2, 0.25) is 0 Å². The van der Waals surface area contributed by atoms with Gasteiger partial charge in [-0.05, 0) is 37.4 Å². The molecule has 0 spiro atoms. The first-order valence-electron chi connectivity index (χ1n) is 6.75. The van der Waals surface area contributed by atoms with Crippen LogP contribution in [0.5, 0.6) is 5.75 Å². The first-order valence-corrected chi connectivity index (χ1v) is 6.75. The third-order valence-corrected chi connectivity index (χ3v) is 3.58. The van der Waals surface area contributed by atoms with Crippen molar-refractivity contribution in [2.45, 2.75) is 31.5 Å². The lowest BCUT2D eigenvalue weighted by Gasteiger charge is -2.22. The summed E-state index contributed by atoms with van der Waals surface area (Å²) in [5.41, 5.74) is 6.31. The fourth-order valence-electron chi connectivity index (χ4n) is 2.58. The van der Waals surface area contributed by atoms with E-state index < -0.39 is 12.8 Å². The number of halogens is 3. The van der Waals surface area contributed by atoms with Crippen LogP contribution in [0.15, 0.2) is 24.3 Å². The van der Waals surface area contributed by atoms with Crippen LogP contribution in [0, 0.1) is 5.92 Å². The van der Waals surface area contributed by atoms with E-state index in [0.29, 0.717) is 18.2 Å². The SMILES string of the molecule is NCC1CCCC1Nc1ccccc1OCC(F)(F)F. The first-order chi connectivity index (χ1) is 9.49. The maximum Gasteiger partial charge on any atom is 0.422 e. The summed E-state index contributed by atoms with van der Waals surface area (Å²) >= 11 is 0. The minimum absolute atomic E-state index is 0.204. The van der Waals surface area contributed by atoms with Gasteiger partial charge in [0.15, 0.2) is 6.61 Å². The summed E-state index contributed by atoms with van der Waals surface area (Å²) in [4.78, 5) is 0. The fourth-order valence-corrected chi connectivity index (χ4v) is 2.58. The van der Waals surface area contributed by atoms with Gasteiger partial charge in [-0.1, -0.05) is 18.6 Å². The van der Waals surface area contributed by atoms with Crippen molar-refractivity contribution in [1.29, 1.82) is 0 Å². The Morgan fingerprint density at radius 3 is 2.70 bits per heavy atom. The molecule has 1 aliphatic carbocycles. The molecule has 6 heteroatoms. The molecule has 3 N–H and O–H groups in total. The van der Waals surface area contributed by atoms with E-state index in [4.69, 9.17) is 10.5 Å². The quantitative estimate of drug-likeness (QED) is 0.875. The Hall–Kier alpha value is -1.43. The smallest absolute Gasteiger partial charge is 0.422 e. The second-order valence-corrected chi connectivity index (χ2v) is 5.08. The van der Waals surface area contributed by atoms with Crippen LogP contribution in [0.4, 0.5) is 18.9 Å². The highest BCUT2D eigenvalue weighted by Crippen LogP contribution is 2.32. The van der Waals surface area contributed by atoms with E-state index in [0.717, 1.165) is 19.3 Å². The zero-order valence-electron chi connectivity index (χ0n) is 11.1. The molecule has 1 aromatic carbocycles. The Morgan fingerprint density at radius 2 is 2.00 bits per heavy atom. The van der Waals surface area contributed by atoms with Crippen LogP contribution in [-0.4, -0.2) is 25.4 Å². The molecule has 2 rings (SSSR count). The van der Waals surface area contributed by atoms with E-state index in [9.17, 15) is 13.2 Å². The van der Waals surface area contributed by atoms with E-state index in [2.05, 4.69) is 5.32 Å². The van der Waals surface area contributed by atoms with E-state index in [1.807, 2.05) is 0 Å². The topological polar surface area (TPSA) is 47.3 Å². The summed E-state index contributed by atoms with van der Waals surface area (Å²) in [7, 11) is 0. The average molecular weight is 288 g/mol. The monoisotopic (exact) mass is 288 g/mol. The van der Waals surface area contributed by atoms with Gasteiger partial charge in [0, 0.05) is 6.04 Å². The molecule has 1 fully saturated rings. The highest BCUT2D eigenvalue weighted by Gasteiger charge is 2.30. The molecule has 1 aromatic rings. The number of nitrogens with one attached hydrogen (secondary N) is 1. The molecule has 0 aromatic heterocycles. The molecule has 1 saturated carbocycles. The molecule has 3 nitrogen and oxygen atoms in total. The highest BCUT2D eigenvalue weighted by molar-refractivity contribution is 5.57. The van der Waals surface area contributed by atoms with Crippen molar-refractivity contribution in [2.75, 3.05) is 18.5 Å². The molecule has 0 radical (unpaired) electrons. The number of rotatable bonds is 5. The van der Waals surface area contributed by atoms with Gasteiger partial charge in [-0.2, -0.15) is 13.2 Å². The molecule has 20 heavy (non-hydrogen) atoms. The molecule has 0 bridgehead atoms. The zero-order chi connectivity index (χ0) is 14.6.